The highest BCUT2D eigenvalue weighted by molar-refractivity contribution is 5.51. The van der Waals surface area contributed by atoms with Crippen molar-refractivity contribution in [3.05, 3.63) is 17.8 Å². The van der Waals surface area contributed by atoms with Crippen molar-refractivity contribution >= 4 is 11.5 Å². The monoisotopic (exact) mass is 193 g/mol. The van der Waals surface area contributed by atoms with Crippen molar-refractivity contribution in [2.45, 2.75) is 26.7 Å². The summed E-state index contributed by atoms with van der Waals surface area (Å²) in [6, 6.07) is 2.03. The van der Waals surface area contributed by atoms with Crippen LogP contribution in [0.4, 0.5) is 11.5 Å². The van der Waals surface area contributed by atoms with Gasteiger partial charge in [-0.15, -0.1) is 0 Å². The molecule has 0 aliphatic rings. The van der Waals surface area contributed by atoms with E-state index in [1.54, 1.807) is 6.20 Å². The van der Waals surface area contributed by atoms with Crippen molar-refractivity contribution in [2.75, 3.05) is 24.2 Å². The molecule has 0 atom stereocenters. The Morgan fingerprint density at radius 2 is 2.21 bits per heavy atom. The molecule has 0 saturated carbocycles. The van der Waals surface area contributed by atoms with Gasteiger partial charge in [0.25, 0.3) is 0 Å². The van der Waals surface area contributed by atoms with E-state index in [-0.39, 0.29) is 0 Å². The van der Waals surface area contributed by atoms with E-state index in [0.717, 1.165) is 23.6 Å². The van der Waals surface area contributed by atoms with Gasteiger partial charge in [0.05, 0.1) is 11.9 Å². The molecule has 78 valence electrons. The zero-order chi connectivity index (χ0) is 10.6. The van der Waals surface area contributed by atoms with Crippen LogP contribution in [-0.4, -0.2) is 18.6 Å². The Balaban J connectivity index is 2.70. The predicted molar refractivity (Wildman–Crippen MR) is 61.6 cm³/mol. The maximum absolute atomic E-state index is 5.71. The molecule has 1 heterocycles. The van der Waals surface area contributed by atoms with Crippen LogP contribution >= 0.6 is 0 Å². The molecule has 1 rings (SSSR count). The van der Waals surface area contributed by atoms with E-state index in [2.05, 4.69) is 23.9 Å². The maximum Gasteiger partial charge on any atom is 0.128 e. The summed E-state index contributed by atoms with van der Waals surface area (Å²) in [4.78, 5) is 6.46. The lowest BCUT2D eigenvalue weighted by Crippen LogP contribution is -2.19. The maximum atomic E-state index is 5.71. The minimum absolute atomic E-state index is 0.762. The first-order chi connectivity index (χ1) is 6.65. The summed E-state index contributed by atoms with van der Waals surface area (Å²) >= 11 is 0. The van der Waals surface area contributed by atoms with E-state index < -0.39 is 0 Å². The number of hydrogen-bond donors (Lipinski definition) is 1. The second-order valence-corrected chi connectivity index (χ2v) is 3.67. The number of hydrogen-bond acceptors (Lipinski definition) is 3. The standard InChI is InChI=1S/C11H19N3/c1-4-5-6-14(3)11-7-9(2)10(12)8-13-11/h7-8H,4-6,12H2,1-3H3. The van der Waals surface area contributed by atoms with Gasteiger partial charge in [-0.25, -0.2) is 4.98 Å². The van der Waals surface area contributed by atoms with Gasteiger partial charge < -0.3 is 10.6 Å². The summed E-state index contributed by atoms with van der Waals surface area (Å²) in [6.45, 7) is 5.25. The molecule has 3 heteroatoms. The lowest BCUT2D eigenvalue weighted by atomic mass is 10.2. The SMILES string of the molecule is CCCCN(C)c1cc(C)c(N)cn1. The van der Waals surface area contributed by atoms with Gasteiger partial charge >= 0.3 is 0 Å². The molecular weight excluding hydrogens is 174 g/mol. The molecule has 1 aromatic heterocycles. The first-order valence-electron chi connectivity index (χ1n) is 5.08. The van der Waals surface area contributed by atoms with Crippen LogP contribution in [0.2, 0.25) is 0 Å². The van der Waals surface area contributed by atoms with Crippen LogP contribution in [0, 0.1) is 6.92 Å². The van der Waals surface area contributed by atoms with Gasteiger partial charge in [0.1, 0.15) is 5.82 Å². The highest BCUT2D eigenvalue weighted by Crippen LogP contribution is 2.16. The third-order valence-electron chi connectivity index (χ3n) is 2.38. The van der Waals surface area contributed by atoms with E-state index in [4.69, 9.17) is 5.73 Å². The van der Waals surface area contributed by atoms with E-state index in [1.807, 2.05) is 13.0 Å². The normalized spacial score (nSPS) is 10.2. The van der Waals surface area contributed by atoms with Gasteiger partial charge in [-0.2, -0.15) is 0 Å². The highest BCUT2D eigenvalue weighted by atomic mass is 15.2. The molecule has 0 aliphatic carbocycles. The van der Waals surface area contributed by atoms with Crippen molar-refractivity contribution in [1.82, 2.24) is 4.98 Å². The van der Waals surface area contributed by atoms with Crippen LogP contribution in [-0.2, 0) is 0 Å². The zero-order valence-corrected chi connectivity index (χ0v) is 9.25. The van der Waals surface area contributed by atoms with Gasteiger partial charge in [0.2, 0.25) is 0 Å². The first-order valence-corrected chi connectivity index (χ1v) is 5.08. The fraction of sp³-hybridized carbons (Fsp3) is 0.545. The number of aromatic nitrogens is 1. The van der Waals surface area contributed by atoms with Crippen LogP contribution in [0.3, 0.4) is 0 Å². The van der Waals surface area contributed by atoms with Crippen LogP contribution in [0.1, 0.15) is 25.3 Å². The minimum Gasteiger partial charge on any atom is -0.397 e. The summed E-state index contributed by atoms with van der Waals surface area (Å²) in [5.41, 5.74) is 7.57. The molecule has 2 N–H and O–H groups in total. The number of nitrogen functional groups attached to an aromatic ring is 1. The number of nitrogens with zero attached hydrogens (tertiary/aromatic N) is 2. The molecule has 0 spiro atoms. The van der Waals surface area contributed by atoms with Gasteiger partial charge in [0, 0.05) is 13.6 Å². The second-order valence-electron chi connectivity index (χ2n) is 3.67. The molecule has 0 radical (unpaired) electrons. The van der Waals surface area contributed by atoms with Crippen LogP contribution < -0.4 is 10.6 Å². The lowest BCUT2D eigenvalue weighted by Gasteiger charge is -2.18. The zero-order valence-electron chi connectivity index (χ0n) is 9.25. The average molecular weight is 193 g/mol. The topological polar surface area (TPSA) is 42.1 Å². The molecule has 0 saturated heterocycles. The van der Waals surface area contributed by atoms with Crippen molar-refractivity contribution < 1.29 is 0 Å². The van der Waals surface area contributed by atoms with E-state index in [0.29, 0.717) is 0 Å². The molecule has 3 nitrogen and oxygen atoms in total. The molecule has 0 amide bonds. The fourth-order valence-corrected chi connectivity index (χ4v) is 1.27. The molecule has 0 bridgehead atoms. The Bertz CT molecular complexity index is 297. The van der Waals surface area contributed by atoms with Crippen LogP contribution in [0.25, 0.3) is 0 Å². The molecule has 0 fully saturated rings. The van der Waals surface area contributed by atoms with E-state index >= 15 is 0 Å². The predicted octanol–water partition coefficient (Wildman–Crippen LogP) is 2.21. The van der Waals surface area contributed by atoms with Gasteiger partial charge in [-0.05, 0) is 25.0 Å². The first kappa shape index (κ1) is 10.8. The summed E-state index contributed by atoms with van der Waals surface area (Å²) in [6.07, 6.45) is 4.13. The van der Waals surface area contributed by atoms with Crippen molar-refractivity contribution in [3.8, 4) is 0 Å². The molecule has 1 aromatic rings. The summed E-state index contributed by atoms with van der Waals surface area (Å²) < 4.78 is 0. The fourth-order valence-electron chi connectivity index (χ4n) is 1.27. The Kier molecular flexibility index (Phi) is 3.74. The van der Waals surface area contributed by atoms with Gasteiger partial charge in [-0.3, -0.25) is 0 Å². The Morgan fingerprint density at radius 1 is 1.50 bits per heavy atom. The van der Waals surface area contributed by atoms with Crippen LogP contribution in [0.15, 0.2) is 12.3 Å². The smallest absolute Gasteiger partial charge is 0.128 e. The van der Waals surface area contributed by atoms with Crippen LogP contribution in [0.5, 0.6) is 0 Å². The van der Waals surface area contributed by atoms with Crippen molar-refractivity contribution in [1.29, 1.82) is 0 Å². The summed E-state index contributed by atoms with van der Waals surface area (Å²) in [5, 5.41) is 0. The lowest BCUT2D eigenvalue weighted by molar-refractivity contribution is 0.759. The largest absolute Gasteiger partial charge is 0.397 e. The molecule has 0 aliphatic heterocycles. The number of aryl methyl sites for hydroxylation is 1. The second kappa shape index (κ2) is 4.84. The van der Waals surface area contributed by atoms with Gasteiger partial charge in [-0.1, -0.05) is 13.3 Å². The third kappa shape index (κ3) is 2.62. The van der Waals surface area contributed by atoms with Gasteiger partial charge in [0.15, 0.2) is 0 Å². The molecule has 14 heavy (non-hydrogen) atoms. The third-order valence-corrected chi connectivity index (χ3v) is 2.38. The average Bonchev–Trinajstić information content (AvgIpc) is 2.18. The van der Waals surface area contributed by atoms with Crippen molar-refractivity contribution in [3.63, 3.8) is 0 Å². The Morgan fingerprint density at radius 3 is 2.79 bits per heavy atom. The number of rotatable bonds is 4. The number of nitrogens with two attached hydrogens (primary N) is 1. The molecule has 0 unspecified atom stereocenters. The van der Waals surface area contributed by atoms with Crippen molar-refractivity contribution in [2.24, 2.45) is 0 Å². The molecular formula is C11H19N3. The number of anilines is 2. The number of pyridine rings is 1. The quantitative estimate of drug-likeness (QED) is 0.797. The summed E-state index contributed by atoms with van der Waals surface area (Å²) in [5.74, 6) is 1.00. The number of unbranched alkanes of at least 4 members (excludes halogenated alkanes) is 1. The Labute approximate surface area is 85.9 Å². The molecule has 0 aromatic carbocycles. The van der Waals surface area contributed by atoms with E-state index in [1.165, 1.54) is 12.8 Å². The summed E-state index contributed by atoms with van der Waals surface area (Å²) in [7, 11) is 2.06. The minimum atomic E-state index is 0.762. The Hall–Kier alpha value is -1.25. The highest BCUT2D eigenvalue weighted by Gasteiger charge is 2.02. The van der Waals surface area contributed by atoms with E-state index in [9.17, 15) is 0 Å².